The Balaban J connectivity index is 0.00000162. The van der Waals surface area contributed by atoms with Gasteiger partial charge in [0.05, 0.1) is 0 Å². The van der Waals surface area contributed by atoms with E-state index in [0.717, 1.165) is 25.9 Å². The summed E-state index contributed by atoms with van der Waals surface area (Å²) in [6.45, 7) is 4.29. The van der Waals surface area contributed by atoms with E-state index in [0.29, 0.717) is 10.8 Å². The van der Waals surface area contributed by atoms with Crippen LogP contribution >= 0.6 is 23.7 Å². The molecule has 4 nitrogen and oxygen atoms in total. The molecule has 0 aromatic carbocycles. The van der Waals surface area contributed by atoms with Crippen LogP contribution < -0.4 is 5.32 Å². The Labute approximate surface area is 119 Å². The van der Waals surface area contributed by atoms with Gasteiger partial charge in [-0.2, -0.15) is 4.31 Å². The molecule has 1 fully saturated rings. The molecule has 1 N–H and O–H groups in total. The summed E-state index contributed by atoms with van der Waals surface area (Å²) in [6.07, 6.45) is 1.76. The number of hydrogen-bond donors (Lipinski definition) is 1. The van der Waals surface area contributed by atoms with Gasteiger partial charge in [-0.05, 0) is 30.8 Å². The maximum Gasteiger partial charge on any atom is 0.252 e. The first-order chi connectivity index (χ1) is 8.16. The highest BCUT2D eigenvalue weighted by atomic mass is 35.5. The summed E-state index contributed by atoms with van der Waals surface area (Å²) in [4.78, 5) is 0. The van der Waals surface area contributed by atoms with Crippen molar-refractivity contribution in [3.8, 4) is 0 Å². The van der Waals surface area contributed by atoms with E-state index in [2.05, 4.69) is 5.32 Å². The first-order valence-corrected chi connectivity index (χ1v) is 8.24. The summed E-state index contributed by atoms with van der Waals surface area (Å²) in [7, 11) is -3.29. The van der Waals surface area contributed by atoms with Gasteiger partial charge in [0, 0.05) is 19.1 Å². The minimum absolute atomic E-state index is 0. The van der Waals surface area contributed by atoms with Crippen molar-refractivity contribution in [3.05, 3.63) is 17.5 Å². The minimum Gasteiger partial charge on any atom is -0.315 e. The highest BCUT2D eigenvalue weighted by molar-refractivity contribution is 7.91. The van der Waals surface area contributed by atoms with Gasteiger partial charge in [0.15, 0.2) is 0 Å². The molecule has 0 amide bonds. The van der Waals surface area contributed by atoms with E-state index in [-0.39, 0.29) is 18.4 Å². The lowest BCUT2D eigenvalue weighted by molar-refractivity contribution is 0.336. The lowest BCUT2D eigenvalue weighted by Crippen LogP contribution is -2.41. The average Bonchev–Trinajstić information content (AvgIpc) is 2.97. The molecule has 18 heavy (non-hydrogen) atoms. The van der Waals surface area contributed by atoms with Crippen LogP contribution in [0.5, 0.6) is 0 Å². The fourth-order valence-electron chi connectivity index (χ4n) is 2.13. The maximum absolute atomic E-state index is 12.5. The van der Waals surface area contributed by atoms with Gasteiger partial charge >= 0.3 is 0 Å². The number of nitrogens with one attached hydrogen (secondary N) is 1. The second-order valence-electron chi connectivity index (χ2n) is 4.19. The fraction of sp³-hybridized carbons (Fsp3) is 0.636. The smallest absolute Gasteiger partial charge is 0.252 e. The van der Waals surface area contributed by atoms with Gasteiger partial charge in [0.25, 0.3) is 10.0 Å². The zero-order chi connectivity index (χ0) is 12.3. The quantitative estimate of drug-likeness (QED) is 0.904. The molecular formula is C11H19ClN2O2S2. The molecule has 1 aliphatic rings. The number of rotatable bonds is 5. The molecule has 1 saturated heterocycles. The lowest BCUT2D eigenvalue weighted by atomic mass is 10.2. The van der Waals surface area contributed by atoms with E-state index < -0.39 is 10.0 Å². The first kappa shape index (κ1) is 15.9. The molecule has 1 aromatic rings. The van der Waals surface area contributed by atoms with Crippen molar-refractivity contribution in [2.24, 2.45) is 0 Å². The van der Waals surface area contributed by atoms with Gasteiger partial charge in [-0.3, -0.25) is 0 Å². The molecule has 104 valence electrons. The average molecular weight is 311 g/mol. The standard InChI is InChI=1S/C11H18N2O2S2.ClH/c1-2-7-13(10-5-6-12-9-10)17(14,15)11-4-3-8-16-11;/h3-4,8,10,12H,2,5-7,9H2,1H3;1H. The van der Waals surface area contributed by atoms with E-state index in [1.165, 1.54) is 11.3 Å². The van der Waals surface area contributed by atoms with Crippen molar-refractivity contribution in [1.82, 2.24) is 9.62 Å². The van der Waals surface area contributed by atoms with E-state index in [1.807, 2.05) is 12.3 Å². The summed E-state index contributed by atoms with van der Waals surface area (Å²) in [5, 5.41) is 5.04. The van der Waals surface area contributed by atoms with Crippen LogP contribution in [0.4, 0.5) is 0 Å². The van der Waals surface area contributed by atoms with Gasteiger partial charge in [-0.25, -0.2) is 8.42 Å². The summed E-state index contributed by atoms with van der Waals surface area (Å²) >= 11 is 1.29. The molecule has 1 atom stereocenters. The Bertz CT molecular complexity index is 442. The number of nitrogens with zero attached hydrogens (tertiary/aromatic N) is 1. The van der Waals surface area contributed by atoms with E-state index in [4.69, 9.17) is 0 Å². The first-order valence-electron chi connectivity index (χ1n) is 5.92. The monoisotopic (exact) mass is 310 g/mol. The second kappa shape index (κ2) is 6.86. The molecule has 1 aliphatic heterocycles. The van der Waals surface area contributed by atoms with Crippen LogP contribution in [0.1, 0.15) is 19.8 Å². The summed E-state index contributed by atoms with van der Waals surface area (Å²) in [6, 6.07) is 3.58. The fourth-order valence-corrected chi connectivity index (χ4v) is 5.00. The van der Waals surface area contributed by atoms with Crippen molar-refractivity contribution in [1.29, 1.82) is 0 Å². The Morgan fingerprint density at radius 2 is 2.33 bits per heavy atom. The number of halogens is 1. The third kappa shape index (κ3) is 3.24. The van der Waals surface area contributed by atoms with E-state index in [9.17, 15) is 8.42 Å². The second-order valence-corrected chi connectivity index (χ2v) is 7.26. The number of hydrogen-bond acceptors (Lipinski definition) is 4. The molecule has 2 heterocycles. The number of thiophene rings is 1. The van der Waals surface area contributed by atoms with Crippen LogP contribution in [0.15, 0.2) is 21.7 Å². The molecule has 0 radical (unpaired) electrons. The Hall–Kier alpha value is -0.140. The van der Waals surface area contributed by atoms with Gasteiger partial charge in [0.2, 0.25) is 0 Å². The molecule has 1 aromatic heterocycles. The van der Waals surface area contributed by atoms with E-state index >= 15 is 0 Å². The Kier molecular flexibility index (Phi) is 6.07. The molecular weight excluding hydrogens is 292 g/mol. The highest BCUT2D eigenvalue weighted by Gasteiger charge is 2.32. The lowest BCUT2D eigenvalue weighted by Gasteiger charge is -2.26. The van der Waals surface area contributed by atoms with Gasteiger partial charge in [0.1, 0.15) is 4.21 Å². The van der Waals surface area contributed by atoms with E-state index in [1.54, 1.807) is 16.4 Å². The van der Waals surface area contributed by atoms with Crippen molar-refractivity contribution in [2.75, 3.05) is 19.6 Å². The third-order valence-electron chi connectivity index (χ3n) is 2.94. The summed E-state index contributed by atoms with van der Waals surface area (Å²) in [5.41, 5.74) is 0. The van der Waals surface area contributed by atoms with Crippen molar-refractivity contribution < 1.29 is 8.42 Å². The predicted octanol–water partition coefficient (Wildman–Crippen LogP) is 1.93. The molecule has 0 aliphatic carbocycles. The van der Waals surface area contributed by atoms with Gasteiger partial charge < -0.3 is 5.32 Å². The molecule has 7 heteroatoms. The summed E-state index contributed by atoms with van der Waals surface area (Å²) < 4.78 is 27.1. The summed E-state index contributed by atoms with van der Waals surface area (Å²) in [5.74, 6) is 0. The highest BCUT2D eigenvalue weighted by Crippen LogP contribution is 2.24. The molecule has 1 unspecified atom stereocenters. The normalized spacial score (nSPS) is 20.0. The maximum atomic E-state index is 12.5. The third-order valence-corrected chi connectivity index (χ3v) is 6.27. The van der Waals surface area contributed by atoms with Crippen LogP contribution in [-0.4, -0.2) is 38.4 Å². The molecule has 0 spiro atoms. The van der Waals surface area contributed by atoms with Crippen LogP contribution in [0.3, 0.4) is 0 Å². The zero-order valence-corrected chi connectivity index (χ0v) is 12.8. The SMILES string of the molecule is CCCN(C1CCNC1)S(=O)(=O)c1cccs1.Cl. The van der Waals surface area contributed by atoms with Gasteiger partial charge in [-0.15, -0.1) is 23.7 Å². The van der Waals surface area contributed by atoms with Crippen molar-refractivity contribution >= 4 is 33.8 Å². The zero-order valence-electron chi connectivity index (χ0n) is 10.3. The van der Waals surface area contributed by atoms with Crippen LogP contribution in [0.2, 0.25) is 0 Å². The van der Waals surface area contributed by atoms with Crippen LogP contribution in [0, 0.1) is 0 Å². The van der Waals surface area contributed by atoms with Crippen molar-refractivity contribution in [3.63, 3.8) is 0 Å². The van der Waals surface area contributed by atoms with Crippen LogP contribution in [0.25, 0.3) is 0 Å². The topological polar surface area (TPSA) is 49.4 Å². The minimum atomic E-state index is -3.29. The predicted molar refractivity (Wildman–Crippen MR) is 77.0 cm³/mol. The van der Waals surface area contributed by atoms with Gasteiger partial charge in [-0.1, -0.05) is 13.0 Å². The largest absolute Gasteiger partial charge is 0.315 e. The van der Waals surface area contributed by atoms with Crippen LogP contribution in [-0.2, 0) is 10.0 Å². The molecule has 0 bridgehead atoms. The van der Waals surface area contributed by atoms with Crippen molar-refractivity contribution in [2.45, 2.75) is 30.0 Å². The molecule has 0 saturated carbocycles. The number of sulfonamides is 1. The molecule has 2 rings (SSSR count). The Morgan fingerprint density at radius 1 is 1.56 bits per heavy atom. The Morgan fingerprint density at radius 3 is 2.83 bits per heavy atom.